The van der Waals surface area contributed by atoms with E-state index in [1.165, 1.54) is 6.07 Å². The normalized spacial score (nSPS) is 11.3. The predicted molar refractivity (Wildman–Crippen MR) is 58.2 cm³/mol. The number of amides is 1. The highest BCUT2D eigenvalue weighted by atomic mass is 35.5. The number of hydrogen-bond acceptors (Lipinski definition) is 1. The summed E-state index contributed by atoms with van der Waals surface area (Å²) in [6, 6.07) is 3.51. The molecule has 0 aromatic heterocycles. The first-order valence-corrected chi connectivity index (χ1v) is 5.23. The molecule has 0 heterocycles. The van der Waals surface area contributed by atoms with Crippen molar-refractivity contribution >= 4 is 17.5 Å². The van der Waals surface area contributed by atoms with Crippen LogP contribution in [-0.4, -0.2) is 11.8 Å². The van der Waals surface area contributed by atoms with E-state index in [-0.39, 0.29) is 11.8 Å². The molecule has 88 valence electrons. The molecule has 0 fully saturated rings. The largest absolute Gasteiger partial charge is 0.346 e. The van der Waals surface area contributed by atoms with E-state index in [2.05, 4.69) is 5.32 Å². The Bertz CT molecular complexity index is 407. The minimum Gasteiger partial charge on any atom is -0.346 e. The van der Waals surface area contributed by atoms with E-state index in [9.17, 15) is 13.6 Å². The molecule has 0 aliphatic rings. The summed E-state index contributed by atoms with van der Waals surface area (Å²) >= 11 is 5.36. The zero-order valence-corrected chi connectivity index (χ0v) is 9.74. The first-order chi connectivity index (χ1) is 7.36. The highest BCUT2D eigenvalue weighted by Gasteiger charge is 2.23. The van der Waals surface area contributed by atoms with E-state index in [0.717, 1.165) is 12.1 Å². The average Bonchev–Trinajstić information content (AvgIpc) is 2.21. The number of alkyl halides is 1. The molecule has 0 spiro atoms. The lowest BCUT2D eigenvalue weighted by Crippen LogP contribution is -2.41. The van der Waals surface area contributed by atoms with Gasteiger partial charge in [-0.2, -0.15) is 0 Å². The fourth-order valence-electron chi connectivity index (χ4n) is 1.34. The molecule has 5 heteroatoms. The minimum absolute atomic E-state index is 0.174. The maximum absolute atomic E-state index is 13.0. The van der Waals surface area contributed by atoms with Crippen molar-refractivity contribution in [3.63, 3.8) is 0 Å². The monoisotopic (exact) mass is 247 g/mol. The van der Waals surface area contributed by atoms with E-state index in [4.69, 9.17) is 11.6 Å². The van der Waals surface area contributed by atoms with Crippen LogP contribution in [0.1, 0.15) is 19.4 Å². The molecule has 16 heavy (non-hydrogen) atoms. The highest BCUT2D eigenvalue weighted by Crippen LogP contribution is 2.21. The van der Waals surface area contributed by atoms with Crippen LogP contribution in [0.4, 0.5) is 8.78 Å². The van der Waals surface area contributed by atoms with Crippen LogP contribution in [0.3, 0.4) is 0 Å². The van der Waals surface area contributed by atoms with E-state index in [1.807, 2.05) is 0 Å². The molecule has 1 N–H and O–H groups in total. The van der Waals surface area contributed by atoms with E-state index in [1.54, 1.807) is 13.8 Å². The summed E-state index contributed by atoms with van der Waals surface area (Å²) in [5, 5.41) is 2.61. The van der Waals surface area contributed by atoms with E-state index in [0.29, 0.717) is 5.56 Å². The molecule has 0 saturated heterocycles. The quantitative estimate of drug-likeness (QED) is 0.818. The first kappa shape index (κ1) is 12.9. The molecule has 0 saturated carbocycles. The lowest BCUT2D eigenvalue weighted by atomic mass is 9.94. The summed E-state index contributed by atoms with van der Waals surface area (Å²) in [5.41, 5.74) is -0.314. The SMILES string of the molecule is CC(C)(NC(=O)CCl)c1ccc(F)c(F)c1. The van der Waals surface area contributed by atoms with Gasteiger partial charge in [0.15, 0.2) is 11.6 Å². The Balaban J connectivity index is 2.97. The summed E-state index contributed by atoms with van der Waals surface area (Å²) in [6.07, 6.45) is 0. The van der Waals surface area contributed by atoms with Gasteiger partial charge in [-0.25, -0.2) is 8.78 Å². The Labute approximate surface area is 97.6 Å². The van der Waals surface area contributed by atoms with Crippen LogP contribution in [0.15, 0.2) is 18.2 Å². The predicted octanol–water partition coefficient (Wildman–Crippen LogP) is 2.55. The van der Waals surface area contributed by atoms with Crippen LogP contribution in [0, 0.1) is 11.6 Å². The zero-order chi connectivity index (χ0) is 12.3. The molecule has 0 bridgehead atoms. The molecule has 1 aromatic rings. The molecule has 1 aromatic carbocycles. The summed E-state index contributed by atoms with van der Waals surface area (Å²) in [6.45, 7) is 3.37. The third-order valence-electron chi connectivity index (χ3n) is 2.21. The summed E-state index contributed by atoms with van der Waals surface area (Å²) in [4.78, 5) is 11.1. The molecule has 2 nitrogen and oxygen atoms in total. The van der Waals surface area contributed by atoms with Crippen LogP contribution >= 0.6 is 11.6 Å². The van der Waals surface area contributed by atoms with Crippen LogP contribution < -0.4 is 5.32 Å². The average molecular weight is 248 g/mol. The number of halogens is 3. The third kappa shape index (κ3) is 2.92. The standard InChI is InChI=1S/C11H12ClF2NO/c1-11(2,15-10(16)6-12)7-3-4-8(13)9(14)5-7/h3-5H,6H2,1-2H3,(H,15,16). The Morgan fingerprint density at radius 3 is 2.50 bits per heavy atom. The van der Waals surface area contributed by atoms with Crippen molar-refractivity contribution in [2.24, 2.45) is 0 Å². The Hall–Kier alpha value is -1.16. The van der Waals surface area contributed by atoms with Gasteiger partial charge in [-0.3, -0.25) is 4.79 Å². The van der Waals surface area contributed by atoms with Crippen molar-refractivity contribution < 1.29 is 13.6 Å². The number of benzene rings is 1. The van der Waals surface area contributed by atoms with Crippen molar-refractivity contribution in [2.75, 3.05) is 5.88 Å². The van der Waals surface area contributed by atoms with Crippen molar-refractivity contribution in [3.05, 3.63) is 35.4 Å². The van der Waals surface area contributed by atoms with Crippen molar-refractivity contribution in [3.8, 4) is 0 Å². The van der Waals surface area contributed by atoms with Crippen LogP contribution in [0.25, 0.3) is 0 Å². The maximum Gasteiger partial charge on any atom is 0.235 e. The second-order valence-electron chi connectivity index (χ2n) is 3.94. The van der Waals surface area contributed by atoms with Crippen molar-refractivity contribution in [1.29, 1.82) is 0 Å². The number of nitrogens with one attached hydrogen (secondary N) is 1. The molecular formula is C11H12ClF2NO. The van der Waals surface area contributed by atoms with Gasteiger partial charge in [0.05, 0.1) is 5.54 Å². The molecule has 1 rings (SSSR count). The molecule has 1 amide bonds. The van der Waals surface area contributed by atoms with Gasteiger partial charge in [0, 0.05) is 0 Å². The van der Waals surface area contributed by atoms with Gasteiger partial charge in [0.1, 0.15) is 5.88 Å². The molecule has 0 atom stereocenters. The second-order valence-corrected chi connectivity index (χ2v) is 4.20. The molecular weight excluding hydrogens is 236 g/mol. The second kappa shape index (κ2) is 4.78. The molecule has 0 unspecified atom stereocenters. The van der Waals surface area contributed by atoms with Gasteiger partial charge < -0.3 is 5.32 Å². The topological polar surface area (TPSA) is 29.1 Å². The fourth-order valence-corrected chi connectivity index (χ4v) is 1.41. The first-order valence-electron chi connectivity index (χ1n) is 4.69. The van der Waals surface area contributed by atoms with E-state index >= 15 is 0 Å². The maximum atomic E-state index is 13.0. The third-order valence-corrected chi connectivity index (χ3v) is 2.46. The molecule has 0 aliphatic heterocycles. The van der Waals surface area contributed by atoms with Gasteiger partial charge in [0.2, 0.25) is 5.91 Å². The van der Waals surface area contributed by atoms with Gasteiger partial charge in [-0.05, 0) is 31.5 Å². The number of hydrogen-bond donors (Lipinski definition) is 1. The lowest BCUT2D eigenvalue weighted by Gasteiger charge is -2.26. The van der Waals surface area contributed by atoms with Crippen LogP contribution in [0.2, 0.25) is 0 Å². The van der Waals surface area contributed by atoms with Gasteiger partial charge in [0.25, 0.3) is 0 Å². The number of carbonyl (C=O) groups excluding carboxylic acids is 1. The van der Waals surface area contributed by atoms with Crippen molar-refractivity contribution in [1.82, 2.24) is 5.32 Å². The van der Waals surface area contributed by atoms with E-state index < -0.39 is 17.2 Å². The zero-order valence-electron chi connectivity index (χ0n) is 8.98. The minimum atomic E-state index is -0.939. The Morgan fingerprint density at radius 2 is 2.00 bits per heavy atom. The highest BCUT2D eigenvalue weighted by molar-refractivity contribution is 6.27. The van der Waals surface area contributed by atoms with Gasteiger partial charge in [-0.1, -0.05) is 6.07 Å². The van der Waals surface area contributed by atoms with Gasteiger partial charge in [-0.15, -0.1) is 11.6 Å². The Kier molecular flexibility index (Phi) is 3.86. The summed E-state index contributed by atoms with van der Waals surface area (Å²) < 4.78 is 25.7. The fraction of sp³-hybridized carbons (Fsp3) is 0.364. The Morgan fingerprint density at radius 1 is 1.38 bits per heavy atom. The smallest absolute Gasteiger partial charge is 0.235 e. The summed E-state index contributed by atoms with van der Waals surface area (Å²) in [5.74, 6) is -2.39. The molecule has 0 aliphatic carbocycles. The van der Waals surface area contributed by atoms with Gasteiger partial charge >= 0.3 is 0 Å². The van der Waals surface area contributed by atoms with Crippen molar-refractivity contribution in [2.45, 2.75) is 19.4 Å². The number of rotatable bonds is 3. The lowest BCUT2D eigenvalue weighted by molar-refractivity contribution is -0.120. The summed E-state index contributed by atoms with van der Waals surface area (Å²) in [7, 11) is 0. The van der Waals surface area contributed by atoms with Crippen LogP contribution in [-0.2, 0) is 10.3 Å². The number of carbonyl (C=O) groups is 1. The molecule has 0 radical (unpaired) electrons. The van der Waals surface area contributed by atoms with Crippen LogP contribution in [0.5, 0.6) is 0 Å².